The molecular weight excluding hydrogens is 384 g/mol. The van der Waals surface area contributed by atoms with Crippen molar-refractivity contribution in [1.82, 2.24) is 10.9 Å². The summed E-state index contributed by atoms with van der Waals surface area (Å²) in [4.78, 5) is 24.6. The second kappa shape index (κ2) is 10.2. The van der Waals surface area contributed by atoms with Gasteiger partial charge in [0.15, 0.2) is 0 Å². The van der Waals surface area contributed by atoms with Gasteiger partial charge in [-0.25, -0.2) is 10.9 Å². The van der Waals surface area contributed by atoms with Gasteiger partial charge in [-0.05, 0) is 49.9 Å². The second-order valence-electron chi connectivity index (χ2n) is 7.13. The first-order valence-corrected chi connectivity index (χ1v) is 9.76. The number of aromatic hydroxyl groups is 2. The Morgan fingerprint density at radius 1 is 0.733 bits per heavy atom. The molecule has 0 aliphatic heterocycles. The van der Waals surface area contributed by atoms with Gasteiger partial charge in [0.05, 0.1) is 12.4 Å². The van der Waals surface area contributed by atoms with Gasteiger partial charge < -0.3 is 10.2 Å². The summed E-state index contributed by atoms with van der Waals surface area (Å²) in [6, 6.07) is 13.4. The highest BCUT2D eigenvalue weighted by Crippen LogP contribution is 2.29. The Hall–Kier alpha value is -3.68. The quantitative estimate of drug-likeness (QED) is 0.433. The third kappa shape index (κ3) is 5.66. The van der Waals surface area contributed by atoms with E-state index in [0.29, 0.717) is 36.8 Å². The number of phenolic OH excluding ortho intramolecular Hbond substituents is 2. The fraction of sp³-hybridized carbons (Fsp3) is 0.273. The summed E-state index contributed by atoms with van der Waals surface area (Å²) in [6.07, 6.45) is 5.13. The summed E-state index contributed by atoms with van der Waals surface area (Å²) in [5.41, 5.74) is 6.04. The smallest absolute Gasteiger partial charge is 0.243 e. The lowest BCUT2D eigenvalue weighted by atomic mass is 9.81. The first-order valence-electron chi connectivity index (χ1n) is 9.76. The number of rotatable bonds is 6. The van der Waals surface area contributed by atoms with E-state index in [0.717, 1.165) is 0 Å². The Balaban J connectivity index is 1.42. The van der Waals surface area contributed by atoms with E-state index in [-0.39, 0.29) is 35.1 Å². The highest BCUT2D eigenvalue weighted by Gasteiger charge is 2.29. The maximum Gasteiger partial charge on any atom is 0.243 e. The third-order valence-corrected chi connectivity index (χ3v) is 5.10. The highest BCUT2D eigenvalue weighted by atomic mass is 16.3. The minimum absolute atomic E-state index is 0.0900. The zero-order valence-electron chi connectivity index (χ0n) is 16.4. The Labute approximate surface area is 174 Å². The van der Waals surface area contributed by atoms with Crippen molar-refractivity contribution in [3.8, 4) is 11.5 Å². The fourth-order valence-corrected chi connectivity index (χ4v) is 3.32. The van der Waals surface area contributed by atoms with Gasteiger partial charge in [-0.2, -0.15) is 10.2 Å². The van der Waals surface area contributed by atoms with Crippen LogP contribution in [-0.4, -0.2) is 34.5 Å². The van der Waals surface area contributed by atoms with Crippen LogP contribution in [0.15, 0.2) is 58.7 Å². The van der Waals surface area contributed by atoms with Crippen LogP contribution < -0.4 is 10.9 Å². The Bertz CT molecular complexity index is 872. The van der Waals surface area contributed by atoms with Crippen LogP contribution in [0, 0.1) is 11.8 Å². The third-order valence-electron chi connectivity index (χ3n) is 5.10. The standard InChI is InChI=1S/C22H24N4O4/c27-19-7-3-1-5-17(19)13-23-25-21(29)15-9-11-16(12-10-15)22(30)26-24-14-18-6-2-4-8-20(18)28/h1-8,13-16,27-28H,9-12H2,(H,25,29)(H,26,30)/b23-13+,24-14+. The molecule has 4 N–H and O–H groups in total. The van der Waals surface area contributed by atoms with Gasteiger partial charge in [0.25, 0.3) is 0 Å². The molecule has 2 aromatic rings. The number of phenols is 2. The molecule has 1 aliphatic carbocycles. The largest absolute Gasteiger partial charge is 0.507 e. The first kappa shape index (κ1) is 21.0. The van der Waals surface area contributed by atoms with Gasteiger partial charge in [-0.3, -0.25) is 9.59 Å². The van der Waals surface area contributed by atoms with Crippen molar-refractivity contribution in [3.63, 3.8) is 0 Å². The Morgan fingerprint density at radius 2 is 1.10 bits per heavy atom. The van der Waals surface area contributed by atoms with Gasteiger partial charge in [0.1, 0.15) is 11.5 Å². The summed E-state index contributed by atoms with van der Waals surface area (Å²) < 4.78 is 0. The number of carbonyl (C=O) groups excluding carboxylic acids is 2. The van der Waals surface area contributed by atoms with Crippen molar-refractivity contribution in [1.29, 1.82) is 0 Å². The van der Waals surface area contributed by atoms with E-state index in [2.05, 4.69) is 21.1 Å². The number of para-hydroxylation sites is 2. The van der Waals surface area contributed by atoms with Crippen LogP contribution >= 0.6 is 0 Å². The average Bonchev–Trinajstić information content (AvgIpc) is 2.76. The van der Waals surface area contributed by atoms with Crippen LogP contribution in [0.25, 0.3) is 0 Å². The summed E-state index contributed by atoms with van der Waals surface area (Å²) in [5, 5.41) is 27.2. The Kier molecular flexibility index (Phi) is 7.15. The molecule has 0 unspecified atom stereocenters. The van der Waals surface area contributed by atoms with Crippen molar-refractivity contribution < 1.29 is 19.8 Å². The molecule has 3 rings (SSSR count). The van der Waals surface area contributed by atoms with Crippen LogP contribution in [0.3, 0.4) is 0 Å². The van der Waals surface area contributed by atoms with E-state index in [9.17, 15) is 19.8 Å². The lowest BCUT2D eigenvalue weighted by molar-refractivity contribution is -0.130. The lowest BCUT2D eigenvalue weighted by Crippen LogP contribution is -2.35. The molecule has 1 saturated carbocycles. The number of nitrogens with zero attached hydrogens (tertiary/aromatic N) is 2. The predicted molar refractivity (Wildman–Crippen MR) is 113 cm³/mol. The summed E-state index contributed by atoms with van der Waals surface area (Å²) >= 11 is 0. The summed E-state index contributed by atoms with van der Waals surface area (Å²) in [7, 11) is 0. The molecule has 1 aliphatic rings. The second-order valence-corrected chi connectivity index (χ2v) is 7.13. The van der Waals surface area contributed by atoms with Crippen LogP contribution in [0.4, 0.5) is 0 Å². The van der Waals surface area contributed by atoms with Crippen LogP contribution in [0.2, 0.25) is 0 Å². The van der Waals surface area contributed by atoms with Crippen molar-refractivity contribution >= 4 is 24.2 Å². The van der Waals surface area contributed by atoms with Gasteiger partial charge in [0, 0.05) is 23.0 Å². The van der Waals surface area contributed by atoms with Gasteiger partial charge >= 0.3 is 0 Å². The number of amides is 2. The zero-order chi connectivity index (χ0) is 21.3. The van der Waals surface area contributed by atoms with Gasteiger partial charge in [-0.15, -0.1) is 0 Å². The predicted octanol–water partition coefficient (Wildman–Crippen LogP) is 2.50. The molecule has 8 nitrogen and oxygen atoms in total. The number of benzene rings is 2. The number of hydrogen-bond acceptors (Lipinski definition) is 6. The van der Waals surface area contributed by atoms with Crippen molar-refractivity contribution in [2.45, 2.75) is 25.7 Å². The number of nitrogens with one attached hydrogen (secondary N) is 2. The maximum absolute atomic E-state index is 12.3. The van der Waals surface area contributed by atoms with Crippen LogP contribution in [0.5, 0.6) is 11.5 Å². The fourth-order valence-electron chi connectivity index (χ4n) is 3.32. The molecule has 0 bridgehead atoms. The molecule has 1 fully saturated rings. The number of carbonyl (C=O) groups is 2. The minimum Gasteiger partial charge on any atom is -0.507 e. The van der Waals surface area contributed by atoms with E-state index >= 15 is 0 Å². The van der Waals surface area contributed by atoms with E-state index in [1.165, 1.54) is 12.4 Å². The minimum atomic E-state index is -0.208. The van der Waals surface area contributed by atoms with Crippen molar-refractivity contribution in [2.24, 2.45) is 22.0 Å². The zero-order valence-corrected chi connectivity index (χ0v) is 16.4. The maximum atomic E-state index is 12.3. The first-order chi connectivity index (χ1) is 14.5. The Morgan fingerprint density at radius 3 is 1.47 bits per heavy atom. The van der Waals surface area contributed by atoms with Gasteiger partial charge in [-0.1, -0.05) is 24.3 Å². The molecule has 0 spiro atoms. The van der Waals surface area contributed by atoms with E-state index in [1.807, 2.05) is 0 Å². The number of hydrazone groups is 2. The van der Waals surface area contributed by atoms with E-state index in [4.69, 9.17) is 0 Å². The SMILES string of the molecule is O=C(N/N=C/c1ccccc1O)C1CCC(C(=O)N/N=C/c2ccccc2O)CC1. The monoisotopic (exact) mass is 408 g/mol. The molecule has 8 heteroatoms. The molecule has 2 amide bonds. The summed E-state index contributed by atoms with van der Waals surface area (Å²) in [5.74, 6) is -0.629. The highest BCUT2D eigenvalue weighted by molar-refractivity contribution is 5.87. The average molecular weight is 408 g/mol. The molecule has 0 radical (unpaired) electrons. The van der Waals surface area contributed by atoms with Crippen LogP contribution in [0.1, 0.15) is 36.8 Å². The molecular formula is C22H24N4O4. The molecule has 0 saturated heterocycles. The van der Waals surface area contributed by atoms with Crippen molar-refractivity contribution in [2.75, 3.05) is 0 Å². The lowest BCUT2D eigenvalue weighted by Gasteiger charge is -2.25. The van der Waals surface area contributed by atoms with Crippen LogP contribution in [-0.2, 0) is 9.59 Å². The molecule has 0 heterocycles. The van der Waals surface area contributed by atoms with E-state index < -0.39 is 0 Å². The molecule has 2 aromatic carbocycles. The number of hydrogen-bond donors (Lipinski definition) is 4. The van der Waals surface area contributed by atoms with E-state index in [1.54, 1.807) is 48.5 Å². The normalized spacial score (nSPS) is 19.1. The summed E-state index contributed by atoms with van der Waals surface area (Å²) in [6.45, 7) is 0. The van der Waals surface area contributed by atoms with Gasteiger partial charge in [0.2, 0.25) is 11.8 Å². The molecule has 30 heavy (non-hydrogen) atoms. The molecule has 0 aromatic heterocycles. The molecule has 156 valence electrons. The topological polar surface area (TPSA) is 123 Å². The van der Waals surface area contributed by atoms with Crippen molar-refractivity contribution in [3.05, 3.63) is 59.7 Å². The molecule has 0 atom stereocenters.